The SMILES string of the molecule is CC(C)(C)[C@H]1CCc2[nH]nc(C(=O)Nc3ccc(OCc4ccccc4F)cc3)c2C1. The van der Waals surface area contributed by atoms with Crippen LogP contribution < -0.4 is 10.1 Å². The summed E-state index contributed by atoms with van der Waals surface area (Å²) in [5.74, 6) is 0.621. The number of anilines is 1. The fraction of sp³-hybridized carbons (Fsp3) is 0.360. The van der Waals surface area contributed by atoms with Gasteiger partial charge in [0.15, 0.2) is 5.69 Å². The first-order valence-electron chi connectivity index (χ1n) is 10.6. The van der Waals surface area contributed by atoms with Crippen molar-refractivity contribution >= 4 is 11.6 Å². The van der Waals surface area contributed by atoms with Crippen molar-refractivity contribution in [3.8, 4) is 5.75 Å². The van der Waals surface area contributed by atoms with Gasteiger partial charge in [-0.3, -0.25) is 9.89 Å². The molecule has 2 N–H and O–H groups in total. The highest BCUT2D eigenvalue weighted by atomic mass is 19.1. The first-order valence-corrected chi connectivity index (χ1v) is 10.6. The summed E-state index contributed by atoms with van der Waals surface area (Å²) in [5, 5.41) is 10.3. The number of aromatic amines is 1. The van der Waals surface area contributed by atoms with E-state index in [2.05, 4.69) is 36.3 Å². The lowest BCUT2D eigenvalue weighted by molar-refractivity contribution is 0.102. The maximum Gasteiger partial charge on any atom is 0.276 e. The molecule has 1 heterocycles. The number of hydrogen-bond acceptors (Lipinski definition) is 3. The fourth-order valence-electron chi connectivity index (χ4n) is 4.02. The molecule has 0 aliphatic heterocycles. The molecule has 2 aromatic carbocycles. The van der Waals surface area contributed by atoms with Crippen LogP contribution in [0, 0.1) is 17.2 Å². The zero-order valence-corrected chi connectivity index (χ0v) is 18.2. The van der Waals surface area contributed by atoms with Crippen molar-refractivity contribution in [1.82, 2.24) is 10.2 Å². The number of nitrogens with zero attached hydrogens (tertiary/aromatic N) is 1. The molecule has 0 bridgehead atoms. The number of benzene rings is 2. The van der Waals surface area contributed by atoms with Gasteiger partial charge in [0.05, 0.1) is 0 Å². The van der Waals surface area contributed by atoms with Gasteiger partial charge < -0.3 is 10.1 Å². The van der Waals surface area contributed by atoms with E-state index in [0.29, 0.717) is 28.6 Å². The maximum atomic E-state index is 13.7. The van der Waals surface area contributed by atoms with Gasteiger partial charge in [0, 0.05) is 22.5 Å². The molecule has 1 aliphatic carbocycles. The van der Waals surface area contributed by atoms with Crippen LogP contribution in [0.15, 0.2) is 48.5 Å². The van der Waals surface area contributed by atoms with E-state index in [9.17, 15) is 9.18 Å². The molecule has 6 heteroatoms. The summed E-state index contributed by atoms with van der Waals surface area (Å²) in [6, 6.07) is 13.6. The number of aryl methyl sites for hydroxylation is 1. The third-order valence-corrected chi connectivity index (χ3v) is 6.05. The molecule has 1 aromatic heterocycles. The van der Waals surface area contributed by atoms with E-state index in [1.165, 1.54) is 6.07 Å². The Bertz CT molecular complexity index is 1070. The second kappa shape index (κ2) is 8.53. The smallest absolute Gasteiger partial charge is 0.276 e. The number of fused-ring (bicyclic) bond motifs is 1. The van der Waals surface area contributed by atoms with Crippen molar-refractivity contribution in [1.29, 1.82) is 0 Å². The number of hydrogen-bond donors (Lipinski definition) is 2. The van der Waals surface area contributed by atoms with Crippen molar-refractivity contribution < 1.29 is 13.9 Å². The minimum Gasteiger partial charge on any atom is -0.489 e. The van der Waals surface area contributed by atoms with Crippen LogP contribution in [0.25, 0.3) is 0 Å². The molecule has 4 rings (SSSR count). The second-order valence-electron chi connectivity index (χ2n) is 9.19. The number of halogens is 1. The van der Waals surface area contributed by atoms with Gasteiger partial charge in [-0.1, -0.05) is 39.0 Å². The Morgan fingerprint density at radius 2 is 1.94 bits per heavy atom. The minimum atomic E-state index is -0.289. The number of amides is 1. The molecule has 0 fully saturated rings. The standard InChI is InChI=1S/C25H28FN3O2/c1-25(2,3)17-8-13-22-20(14-17)23(29-28-22)24(30)27-18-9-11-19(12-10-18)31-15-16-6-4-5-7-21(16)26/h4-7,9-12,17H,8,13-15H2,1-3H3,(H,27,30)(H,28,29)/t17-/m0/s1. The molecule has 162 valence electrons. The monoisotopic (exact) mass is 421 g/mol. The topological polar surface area (TPSA) is 67.0 Å². The highest BCUT2D eigenvalue weighted by Gasteiger charge is 2.32. The van der Waals surface area contributed by atoms with Gasteiger partial charge in [-0.05, 0) is 60.9 Å². The van der Waals surface area contributed by atoms with E-state index in [0.717, 1.165) is 30.5 Å². The van der Waals surface area contributed by atoms with Gasteiger partial charge in [-0.15, -0.1) is 0 Å². The molecular formula is C25H28FN3O2. The van der Waals surface area contributed by atoms with Crippen LogP contribution in [0.3, 0.4) is 0 Å². The van der Waals surface area contributed by atoms with Crippen LogP contribution in [0.5, 0.6) is 5.75 Å². The summed E-state index contributed by atoms with van der Waals surface area (Å²) in [5.41, 5.74) is 3.93. The largest absolute Gasteiger partial charge is 0.489 e. The van der Waals surface area contributed by atoms with Crippen LogP contribution in [-0.2, 0) is 19.4 Å². The van der Waals surface area contributed by atoms with Crippen LogP contribution in [0.1, 0.15) is 54.5 Å². The van der Waals surface area contributed by atoms with Crippen molar-refractivity contribution in [2.45, 2.75) is 46.6 Å². The Labute approximate surface area is 182 Å². The normalized spacial score (nSPS) is 15.9. The zero-order chi connectivity index (χ0) is 22.0. The number of H-pyrrole nitrogens is 1. The fourth-order valence-corrected chi connectivity index (χ4v) is 4.02. The van der Waals surface area contributed by atoms with Crippen molar-refractivity contribution in [3.05, 3.63) is 76.9 Å². The van der Waals surface area contributed by atoms with Crippen LogP contribution in [0.4, 0.5) is 10.1 Å². The molecule has 1 aliphatic rings. The number of carbonyl (C=O) groups is 1. The third-order valence-electron chi connectivity index (χ3n) is 6.05. The predicted molar refractivity (Wildman–Crippen MR) is 119 cm³/mol. The Morgan fingerprint density at radius 3 is 2.65 bits per heavy atom. The van der Waals surface area contributed by atoms with Gasteiger partial charge in [-0.25, -0.2) is 4.39 Å². The first-order chi connectivity index (χ1) is 14.8. The Morgan fingerprint density at radius 1 is 1.19 bits per heavy atom. The average Bonchev–Trinajstić information content (AvgIpc) is 3.17. The predicted octanol–water partition coefficient (Wildman–Crippen LogP) is 5.53. The second-order valence-corrected chi connectivity index (χ2v) is 9.19. The Balaban J connectivity index is 1.40. The van der Waals surface area contributed by atoms with E-state index in [4.69, 9.17) is 4.74 Å². The summed E-state index contributed by atoms with van der Waals surface area (Å²) in [4.78, 5) is 12.9. The molecular weight excluding hydrogens is 393 g/mol. The van der Waals surface area contributed by atoms with E-state index in [-0.39, 0.29) is 23.7 Å². The van der Waals surface area contributed by atoms with Crippen molar-refractivity contribution in [3.63, 3.8) is 0 Å². The van der Waals surface area contributed by atoms with E-state index in [1.54, 1.807) is 42.5 Å². The number of nitrogens with one attached hydrogen (secondary N) is 2. The van der Waals surface area contributed by atoms with Crippen molar-refractivity contribution in [2.75, 3.05) is 5.32 Å². The summed E-state index contributed by atoms with van der Waals surface area (Å²) in [6.45, 7) is 6.89. The van der Waals surface area contributed by atoms with Crippen LogP contribution >= 0.6 is 0 Å². The number of ether oxygens (including phenoxy) is 1. The molecule has 0 spiro atoms. The van der Waals surface area contributed by atoms with E-state index >= 15 is 0 Å². The van der Waals surface area contributed by atoms with Gasteiger partial charge in [0.25, 0.3) is 5.91 Å². The van der Waals surface area contributed by atoms with E-state index in [1.807, 2.05) is 0 Å². The average molecular weight is 422 g/mol. The van der Waals surface area contributed by atoms with Gasteiger partial charge in [-0.2, -0.15) is 5.10 Å². The lowest BCUT2D eigenvalue weighted by atomic mass is 9.71. The summed E-state index contributed by atoms with van der Waals surface area (Å²) in [6.07, 6.45) is 2.89. The van der Waals surface area contributed by atoms with Gasteiger partial charge >= 0.3 is 0 Å². The lowest BCUT2D eigenvalue weighted by Gasteiger charge is -2.33. The van der Waals surface area contributed by atoms with Gasteiger partial charge in [0.1, 0.15) is 18.2 Å². The maximum absolute atomic E-state index is 13.7. The third kappa shape index (κ3) is 4.79. The molecule has 1 atom stereocenters. The van der Waals surface area contributed by atoms with E-state index < -0.39 is 0 Å². The molecule has 3 aromatic rings. The molecule has 0 unspecified atom stereocenters. The molecule has 5 nitrogen and oxygen atoms in total. The number of carbonyl (C=O) groups excluding carboxylic acids is 1. The molecule has 31 heavy (non-hydrogen) atoms. The van der Waals surface area contributed by atoms with Crippen molar-refractivity contribution in [2.24, 2.45) is 11.3 Å². The Kier molecular flexibility index (Phi) is 5.81. The molecule has 0 saturated carbocycles. The zero-order valence-electron chi connectivity index (χ0n) is 18.2. The van der Waals surface area contributed by atoms with Crippen LogP contribution in [0.2, 0.25) is 0 Å². The van der Waals surface area contributed by atoms with Crippen LogP contribution in [-0.4, -0.2) is 16.1 Å². The summed E-state index contributed by atoms with van der Waals surface area (Å²) < 4.78 is 19.4. The number of aromatic nitrogens is 2. The van der Waals surface area contributed by atoms with Gasteiger partial charge in [0.2, 0.25) is 0 Å². The summed E-state index contributed by atoms with van der Waals surface area (Å²) >= 11 is 0. The lowest BCUT2D eigenvalue weighted by Crippen LogP contribution is -2.28. The quantitative estimate of drug-likeness (QED) is 0.569. The molecule has 1 amide bonds. The highest BCUT2D eigenvalue weighted by molar-refractivity contribution is 6.04. The minimum absolute atomic E-state index is 0.146. The first kappa shape index (κ1) is 21.1. The summed E-state index contributed by atoms with van der Waals surface area (Å²) in [7, 11) is 0. The highest BCUT2D eigenvalue weighted by Crippen LogP contribution is 2.37. The number of rotatable bonds is 5. The molecule has 0 saturated heterocycles. The molecule has 0 radical (unpaired) electrons. The Hall–Kier alpha value is -3.15.